The molecule has 0 amide bonds. The van der Waals surface area contributed by atoms with Crippen LogP contribution in [0.25, 0.3) is 15.9 Å². The van der Waals surface area contributed by atoms with Gasteiger partial charge in [0.25, 0.3) is 0 Å². The molecule has 1 aliphatic carbocycles. The third-order valence-electron chi connectivity index (χ3n) is 5.98. The fourth-order valence-electron chi connectivity index (χ4n) is 4.56. The molecule has 0 radical (unpaired) electrons. The highest BCUT2D eigenvalue weighted by Crippen LogP contribution is 2.39. The Morgan fingerprint density at radius 3 is 2.68 bits per heavy atom. The molecule has 4 aromatic rings. The van der Waals surface area contributed by atoms with Gasteiger partial charge in [-0.3, -0.25) is 4.79 Å². The number of thioether (sulfide) groups is 1. The minimum atomic E-state index is 0.147. The average Bonchev–Trinajstić information content (AvgIpc) is 3.28. The molecule has 3 aromatic heterocycles. The number of thiophene rings is 1. The summed E-state index contributed by atoms with van der Waals surface area (Å²) in [5.41, 5.74) is 5.37. The lowest BCUT2D eigenvalue weighted by Gasteiger charge is -2.12. The summed E-state index contributed by atoms with van der Waals surface area (Å²) in [6.45, 7) is 6.02. The van der Waals surface area contributed by atoms with Crippen LogP contribution >= 0.6 is 23.1 Å². The maximum absolute atomic E-state index is 13.2. The van der Waals surface area contributed by atoms with Crippen LogP contribution in [0.4, 0.5) is 0 Å². The summed E-state index contributed by atoms with van der Waals surface area (Å²) in [4.78, 5) is 25.2. The molecule has 0 saturated carbocycles. The molecule has 31 heavy (non-hydrogen) atoms. The Balaban J connectivity index is 1.44. The lowest BCUT2D eigenvalue weighted by molar-refractivity contribution is 0.102. The lowest BCUT2D eigenvalue weighted by atomic mass is 9.97. The zero-order valence-electron chi connectivity index (χ0n) is 18.1. The second-order valence-electron chi connectivity index (χ2n) is 8.13. The summed E-state index contributed by atoms with van der Waals surface area (Å²) in [6.07, 6.45) is 4.72. The summed E-state index contributed by atoms with van der Waals surface area (Å²) in [7, 11) is 0. The Hall–Kier alpha value is -2.44. The second-order valence-corrected chi connectivity index (χ2v) is 10.2. The van der Waals surface area contributed by atoms with Crippen LogP contribution in [-0.2, 0) is 12.8 Å². The van der Waals surface area contributed by atoms with Crippen molar-refractivity contribution in [3.05, 3.63) is 69.6 Å². The summed E-state index contributed by atoms with van der Waals surface area (Å²) < 4.78 is 2.15. The molecule has 0 spiro atoms. The van der Waals surface area contributed by atoms with Gasteiger partial charge in [-0.05, 0) is 70.2 Å². The third-order valence-corrected chi connectivity index (χ3v) is 8.14. The summed E-state index contributed by atoms with van der Waals surface area (Å²) in [5, 5.41) is 2.16. The summed E-state index contributed by atoms with van der Waals surface area (Å²) in [5.74, 6) is 1.31. The maximum atomic E-state index is 13.2. The van der Waals surface area contributed by atoms with Gasteiger partial charge < -0.3 is 4.57 Å². The van der Waals surface area contributed by atoms with Gasteiger partial charge in [0.15, 0.2) is 5.78 Å². The standard InChI is InChI=1S/C25H25N3OS2/c1-15-13-20(16(2)28(15)18-9-5-4-6-10-18)21(29)14-30-24-23-19-11-7-8-12-22(19)31-25(23)27-17(3)26-24/h4-6,9-10,13H,7-8,11-12,14H2,1-3H3. The number of Topliss-reactive ketones (excluding diaryl/α,β-unsaturated/α-hetero) is 1. The predicted octanol–water partition coefficient (Wildman–Crippen LogP) is 6.26. The molecular formula is C25H25N3OS2. The molecule has 5 rings (SSSR count). The van der Waals surface area contributed by atoms with Crippen molar-refractivity contribution in [2.45, 2.75) is 51.5 Å². The quantitative estimate of drug-likeness (QED) is 0.206. The number of nitrogens with zero attached hydrogens (tertiary/aromatic N) is 3. The first-order chi connectivity index (χ1) is 15.0. The van der Waals surface area contributed by atoms with Crippen molar-refractivity contribution in [3.63, 3.8) is 0 Å². The van der Waals surface area contributed by atoms with E-state index in [1.807, 2.05) is 49.4 Å². The van der Waals surface area contributed by atoms with Crippen molar-refractivity contribution in [3.8, 4) is 5.69 Å². The molecule has 0 atom stereocenters. The van der Waals surface area contributed by atoms with Crippen LogP contribution in [0.1, 0.15) is 50.9 Å². The monoisotopic (exact) mass is 447 g/mol. The Kier molecular flexibility index (Phi) is 5.44. The first-order valence-electron chi connectivity index (χ1n) is 10.7. The highest BCUT2D eigenvalue weighted by Gasteiger charge is 2.22. The van der Waals surface area contributed by atoms with E-state index in [2.05, 4.69) is 23.6 Å². The fourth-order valence-corrected chi connectivity index (χ4v) is 6.92. The number of rotatable bonds is 5. The topological polar surface area (TPSA) is 47.8 Å². The van der Waals surface area contributed by atoms with Gasteiger partial charge in [-0.2, -0.15) is 0 Å². The van der Waals surface area contributed by atoms with Crippen molar-refractivity contribution in [1.82, 2.24) is 14.5 Å². The van der Waals surface area contributed by atoms with Crippen molar-refractivity contribution >= 4 is 39.1 Å². The van der Waals surface area contributed by atoms with Gasteiger partial charge in [0.05, 0.1) is 5.75 Å². The molecule has 0 aliphatic heterocycles. The third kappa shape index (κ3) is 3.72. The van der Waals surface area contributed by atoms with E-state index >= 15 is 0 Å². The molecule has 1 aromatic carbocycles. The number of para-hydroxylation sites is 1. The average molecular weight is 448 g/mol. The predicted molar refractivity (Wildman–Crippen MR) is 129 cm³/mol. The van der Waals surface area contributed by atoms with Crippen LogP contribution in [0.3, 0.4) is 0 Å². The van der Waals surface area contributed by atoms with E-state index < -0.39 is 0 Å². The summed E-state index contributed by atoms with van der Waals surface area (Å²) in [6, 6.07) is 12.2. The lowest BCUT2D eigenvalue weighted by Crippen LogP contribution is -2.06. The zero-order valence-corrected chi connectivity index (χ0v) is 19.7. The Morgan fingerprint density at radius 2 is 1.87 bits per heavy atom. The highest BCUT2D eigenvalue weighted by atomic mass is 32.2. The SMILES string of the molecule is Cc1nc(SCC(=O)c2cc(C)n(-c3ccccc3)c2C)c2c3c(sc2n1)CCCC3. The van der Waals surface area contributed by atoms with Gasteiger partial charge in [0.2, 0.25) is 0 Å². The van der Waals surface area contributed by atoms with Crippen LogP contribution in [0, 0.1) is 20.8 Å². The maximum Gasteiger partial charge on any atom is 0.174 e. The molecule has 0 bridgehead atoms. The molecule has 6 heteroatoms. The van der Waals surface area contributed by atoms with E-state index in [4.69, 9.17) is 9.97 Å². The van der Waals surface area contributed by atoms with Gasteiger partial charge in [-0.1, -0.05) is 30.0 Å². The van der Waals surface area contributed by atoms with E-state index in [1.165, 1.54) is 28.7 Å². The number of carbonyl (C=O) groups is 1. The number of benzene rings is 1. The normalized spacial score (nSPS) is 13.5. The van der Waals surface area contributed by atoms with Gasteiger partial charge in [0, 0.05) is 32.9 Å². The van der Waals surface area contributed by atoms with E-state index in [9.17, 15) is 4.79 Å². The molecule has 4 nitrogen and oxygen atoms in total. The fraction of sp³-hybridized carbons (Fsp3) is 0.320. The number of carbonyl (C=O) groups excluding carboxylic acids is 1. The number of hydrogen-bond donors (Lipinski definition) is 0. The highest BCUT2D eigenvalue weighted by molar-refractivity contribution is 8.00. The van der Waals surface area contributed by atoms with Crippen LogP contribution in [0.15, 0.2) is 41.4 Å². The van der Waals surface area contributed by atoms with Crippen LogP contribution < -0.4 is 0 Å². The molecular weight excluding hydrogens is 422 g/mol. The van der Waals surface area contributed by atoms with E-state index in [0.29, 0.717) is 5.75 Å². The van der Waals surface area contributed by atoms with Gasteiger partial charge in [0.1, 0.15) is 15.7 Å². The number of fused-ring (bicyclic) bond motifs is 3. The Labute approximate surface area is 190 Å². The van der Waals surface area contributed by atoms with E-state index in [-0.39, 0.29) is 5.78 Å². The van der Waals surface area contributed by atoms with Crippen LogP contribution in [-0.4, -0.2) is 26.1 Å². The largest absolute Gasteiger partial charge is 0.318 e. The van der Waals surface area contributed by atoms with Crippen molar-refractivity contribution < 1.29 is 4.79 Å². The molecule has 0 N–H and O–H groups in total. The molecule has 1 aliphatic rings. The summed E-state index contributed by atoms with van der Waals surface area (Å²) >= 11 is 3.37. The number of aromatic nitrogens is 3. The minimum absolute atomic E-state index is 0.147. The Bertz CT molecular complexity index is 1290. The van der Waals surface area contributed by atoms with Gasteiger partial charge >= 0.3 is 0 Å². The Morgan fingerprint density at radius 1 is 1.10 bits per heavy atom. The van der Waals surface area contributed by atoms with Crippen molar-refractivity contribution in [2.75, 3.05) is 5.75 Å². The zero-order chi connectivity index (χ0) is 21.5. The number of hydrogen-bond acceptors (Lipinski definition) is 5. The minimum Gasteiger partial charge on any atom is -0.318 e. The van der Waals surface area contributed by atoms with Crippen LogP contribution in [0.2, 0.25) is 0 Å². The van der Waals surface area contributed by atoms with Crippen LogP contribution in [0.5, 0.6) is 0 Å². The smallest absolute Gasteiger partial charge is 0.174 e. The van der Waals surface area contributed by atoms with E-state index in [1.54, 1.807) is 11.8 Å². The van der Waals surface area contributed by atoms with Gasteiger partial charge in [-0.15, -0.1) is 11.3 Å². The first-order valence-corrected chi connectivity index (χ1v) is 12.5. The number of aryl methyl sites for hydroxylation is 4. The van der Waals surface area contributed by atoms with Gasteiger partial charge in [-0.25, -0.2) is 9.97 Å². The molecule has 3 heterocycles. The van der Waals surface area contributed by atoms with E-state index in [0.717, 1.165) is 51.2 Å². The number of ketones is 1. The molecule has 158 valence electrons. The molecule has 0 saturated heterocycles. The van der Waals surface area contributed by atoms with Crippen molar-refractivity contribution in [2.24, 2.45) is 0 Å². The molecule has 0 fully saturated rings. The molecule has 0 unspecified atom stereocenters. The first kappa shape index (κ1) is 20.5. The van der Waals surface area contributed by atoms with Crippen molar-refractivity contribution in [1.29, 1.82) is 0 Å². The second kappa shape index (κ2) is 8.24.